The lowest BCUT2D eigenvalue weighted by atomic mass is 10.1. The summed E-state index contributed by atoms with van der Waals surface area (Å²) in [6, 6.07) is 16.1. The lowest BCUT2D eigenvalue weighted by Crippen LogP contribution is -2.35. The van der Waals surface area contributed by atoms with Crippen LogP contribution >= 0.6 is 12.4 Å². The Morgan fingerprint density at radius 3 is 2.31 bits per heavy atom. The van der Waals surface area contributed by atoms with E-state index in [2.05, 4.69) is 10.6 Å². The first kappa shape index (κ1) is 24.5. The van der Waals surface area contributed by atoms with Crippen LogP contribution in [-0.2, 0) is 9.59 Å². The third-order valence-electron chi connectivity index (χ3n) is 4.39. The fourth-order valence-electron chi connectivity index (χ4n) is 2.80. The Labute approximate surface area is 178 Å². The molecule has 2 aromatic rings. The average molecular weight is 420 g/mol. The van der Waals surface area contributed by atoms with Gasteiger partial charge in [-0.1, -0.05) is 42.5 Å². The molecule has 0 aliphatic rings. The van der Waals surface area contributed by atoms with Crippen molar-refractivity contribution < 1.29 is 14.3 Å². The first-order valence-corrected chi connectivity index (χ1v) is 9.61. The summed E-state index contributed by atoms with van der Waals surface area (Å²) in [5, 5.41) is 5.75. The molecule has 29 heavy (non-hydrogen) atoms. The second kappa shape index (κ2) is 12.8. The van der Waals surface area contributed by atoms with Crippen LogP contribution in [0.15, 0.2) is 54.6 Å². The number of rotatable bonds is 10. The van der Waals surface area contributed by atoms with Crippen molar-refractivity contribution in [3.8, 4) is 5.75 Å². The van der Waals surface area contributed by atoms with Crippen LogP contribution in [0.5, 0.6) is 5.75 Å². The maximum Gasteiger partial charge on any atom is 0.241 e. The lowest BCUT2D eigenvalue weighted by molar-refractivity contribution is -0.124. The molecule has 0 saturated carbocycles. The van der Waals surface area contributed by atoms with Gasteiger partial charge >= 0.3 is 0 Å². The molecule has 2 atom stereocenters. The minimum Gasteiger partial charge on any atom is -0.494 e. The van der Waals surface area contributed by atoms with Crippen molar-refractivity contribution >= 4 is 24.2 Å². The van der Waals surface area contributed by atoms with E-state index in [-0.39, 0.29) is 30.3 Å². The molecular formula is C22H30ClN3O3. The molecule has 0 aromatic heterocycles. The van der Waals surface area contributed by atoms with E-state index < -0.39 is 6.04 Å². The van der Waals surface area contributed by atoms with Gasteiger partial charge < -0.3 is 21.1 Å². The third-order valence-corrected chi connectivity index (χ3v) is 4.39. The largest absolute Gasteiger partial charge is 0.494 e. The number of amides is 2. The van der Waals surface area contributed by atoms with Crippen molar-refractivity contribution in [3.05, 3.63) is 65.7 Å². The zero-order chi connectivity index (χ0) is 20.4. The van der Waals surface area contributed by atoms with Crippen molar-refractivity contribution in [2.45, 2.75) is 38.8 Å². The molecule has 0 heterocycles. The highest BCUT2D eigenvalue weighted by molar-refractivity contribution is 5.85. The fourth-order valence-corrected chi connectivity index (χ4v) is 2.80. The molecule has 158 valence electrons. The Morgan fingerprint density at radius 1 is 1.03 bits per heavy atom. The van der Waals surface area contributed by atoms with Gasteiger partial charge in [-0.3, -0.25) is 9.59 Å². The number of nitrogens with one attached hydrogen (secondary N) is 2. The molecule has 2 unspecified atom stereocenters. The predicted molar refractivity (Wildman–Crippen MR) is 117 cm³/mol. The van der Waals surface area contributed by atoms with E-state index in [1.165, 1.54) is 0 Å². The Hall–Kier alpha value is -2.57. The fraction of sp³-hybridized carbons (Fsp3) is 0.364. The lowest BCUT2D eigenvalue weighted by Gasteiger charge is -2.15. The van der Waals surface area contributed by atoms with Gasteiger partial charge in [-0.15, -0.1) is 12.4 Å². The van der Waals surface area contributed by atoms with Crippen molar-refractivity contribution in [1.82, 2.24) is 10.6 Å². The minimum absolute atomic E-state index is 0. The van der Waals surface area contributed by atoms with E-state index in [1.54, 1.807) is 0 Å². The summed E-state index contributed by atoms with van der Waals surface area (Å²) in [6.45, 7) is 4.91. The van der Waals surface area contributed by atoms with Gasteiger partial charge in [-0.2, -0.15) is 0 Å². The quantitative estimate of drug-likeness (QED) is 0.515. The number of carbonyl (C=O) groups is 2. The number of hydrogen-bond donors (Lipinski definition) is 3. The zero-order valence-corrected chi connectivity index (χ0v) is 17.7. The SMILES string of the molecule is CCOc1ccc(C(C)NC(=O)CCCNC(=O)C(N)c2ccccc2)cc1.Cl. The van der Waals surface area contributed by atoms with Gasteiger partial charge in [0.2, 0.25) is 11.8 Å². The first-order chi connectivity index (χ1) is 13.5. The van der Waals surface area contributed by atoms with Gasteiger partial charge in [0.05, 0.1) is 12.6 Å². The first-order valence-electron chi connectivity index (χ1n) is 9.61. The van der Waals surface area contributed by atoms with Gasteiger partial charge in [-0.05, 0) is 43.5 Å². The topological polar surface area (TPSA) is 93.5 Å². The van der Waals surface area contributed by atoms with Gasteiger partial charge in [0.25, 0.3) is 0 Å². The Balaban J connectivity index is 0.00000420. The van der Waals surface area contributed by atoms with Crippen LogP contribution in [0.4, 0.5) is 0 Å². The van der Waals surface area contributed by atoms with Gasteiger partial charge in [0, 0.05) is 13.0 Å². The average Bonchev–Trinajstić information content (AvgIpc) is 2.72. The molecule has 2 aromatic carbocycles. The van der Waals surface area contributed by atoms with E-state index in [9.17, 15) is 9.59 Å². The molecule has 7 heteroatoms. The van der Waals surface area contributed by atoms with Crippen LogP contribution in [0, 0.1) is 0 Å². The number of benzene rings is 2. The van der Waals surface area contributed by atoms with E-state index in [1.807, 2.05) is 68.4 Å². The monoisotopic (exact) mass is 419 g/mol. The molecule has 0 saturated heterocycles. The summed E-state index contributed by atoms with van der Waals surface area (Å²) in [7, 11) is 0. The zero-order valence-electron chi connectivity index (χ0n) is 16.9. The third kappa shape index (κ3) is 8.13. The molecule has 6 nitrogen and oxygen atoms in total. The highest BCUT2D eigenvalue weighted by Gasteiger charge is 2.15. The molecule has 2 rings (SSSR count). The maximum absolute atomic E-state index is 12.1. The normalized spacial score (nSPS) is 12.2. The van der Waals surface area contributed by atoms with Crippen LogP contribution in [0.25, 0.3) is 0 Å². The van der Waals surface area contributed by atoms with E-state index in [0.717, 1.165) is 16.9 Å². The highest BCUT2D eigenvalue weighted by Crippen LogP contribution is 2.17. The van der Waals surface area contributed by atoms with Crippen LogP contribution in [0.2, 0.25) is 0 Å². The summed E-state index contributed by atoms with van der Waals surface area (Å²) in [4.78, 5) is 24.2. The highest BCUT2D eigenvalue weighted by atomic mass is 35.5. The van der Waals surface area contributed by atoms with E-state index >= 15 is 0 Å². The Bertz CT molecular complexity index is 754. The molecule has 0 aliphatic carbocycles. The summed E-state index contributed by atoms with van der Waals surface area (Å²) < 4.78 is 5.42. The standard InChI is InChI=1S/C22H29N3O3.ClH/c1-3-28-19-13-11-17(12-14-19)16(2)25-20(26)10-7-15-24-22(27)21(23)18-8-5-4-6-9-18;/h4-6,8-9,11-14,16,21H,3,7,10,15,23H2,1-2H3,(H,24,27)(H,25,26);1H. The molecule has 0 radical (unpaired) electrons. The number of nitrogens with two attached hydrogens (primary N) is 1. The molecule has 0 bridgehead atoms. The number of ether oxygens (including phenoxy) is 1. The van der Waals surface area contributed by atoms with Crippen LogP contribution in [0.1, 0.15) is 49.9 Å². The van der Waals surface area contributed by atoms with Crippen molar-refractivity contribution in [3.63, 3.8) is 0 Å². The van der Waals surface area contributed by atoms with Gasteiger partial charge in [0.15, 0.2) is 0 Å². The minimum atomic E-state index is -0.699. The Kier molecular flexibility index (Phi) is 10.8. The van der Waals surface area contributed by atoms with Crippen LogP contribution in [-0.4, -0.2) is 25.0 Å². The number of halogens is 1. The molecular weight excluding hydrogens is 390 g/mol. The predicted octanol–water partition coefficient (Wildman–Crippen LogP) is 3.28. The summed E-state index contributed by atoms with van der Waals surface area (Å²) in [6.07, 6.45) is 0.886. The van der Waals surface area contributed by atoms with Gasteiger partial charge in [0.1, 0.15) is 11.8 Å². The second-order valence-corrected chi connectivity index (χ2v) is 6.57. The van der Waals surface area contributed by atoms with Crippen LogP contribution in [0.3, 0.4) is 0 Å². The molecule has 0 spiro atoms. The van der Waals surface area contributed by atoms with Crippen LogP contribution < -0.4 is 21.1 Å². The molecule has 0 aliphatic heterocycles. The summed E-state index contributed by atoms with van der Waals surface area (Å²) in [5.74, 6) is 0.520. The number of hydrogen-bond acceptors (Lipinski definition) is 4. The van der Waals surface area contributed by atoms with Crippen molar-refractivity contribution in [2.75, 3.05) is 13.2 Å². The van der Waals surface area contributed by atoms with E-state index in [0.29, 0.717) is 26.0 Å². The summed E-state index contributed by atoms with van der Waals surface area (Å²) >= 11 is 0. The second-order valence-electron chi connectivity index (χ2n) is 6.57. The molecule has 4 N–H and O–H groups in total. The van der Waals surface area contributed by atoms with Crippen molar-refractivity contribution in [2.24, 2.45) is 5.73 Å². The van der Waals surface area contributed by atoms with Gasteiger partial charge in [-0.25, -0.2) is 0 Å². The van der Waals surface area contributed by atoms with E-state index in [4.69, 9.17) is 10.5 Å². The number of carbonyl (C=O) groups excluding carboxylic acids is 2. The molecule has 0 fully saturated rings. The smallest absolute Gasteiger partial charge is 0.241 e. The molecule has 2 amide bonds. The summed E-state index contributed by atoms with van der Waals surface area (Å²) in [5.41, 5.74) is 7.72. The maximum atomic E-state index is 12.1. The van der Waals surface area contributed by atoms with Crippen molar-refractivity contribution in [1.29, 1.82) is 0 Å². The Morgan fingerprint density at radius 2 is 1.69 bits per heavy atom.